The molecule has 0 saturated carbocycles. The third kappa shape index (κ3) is 4.34. The Hall–Kier alpha value is -5.28. The average molecular weight is 582 g/mol. The van der Waals surface area contributed by atoms with Gasteiger partial charge in [-0.3, -0.25) is 4.57 Å². The summed E-state index contributed by atoms with van der Waals surface area (Å²) in [7, 11) is 0. The Morgan fingerprint density at radius 2 is 1.49 bits per heavy atom. The van der Waals surface area contributed by atoms with Crippen LogP contribution in [0.4, 0.5) is 0 Å². The van der Waals surface area contributed by atoms with E-state index in [2.05, 4.69) is 153 Å². The van der Waals surface area contributed by atoms with E-state index in [9.17, 15) is 5.41 Å². The summed E-state index contributed by atoms with van der Waals surface area (Å²) in [6, 6.07) is 40.7. The molecule has 0 aliphatic heterocycles. The second-order valence-corrected chi connectivity index (χ2v) is 12.9. The van der Waals surface area contributed by atoms with Crippen molar-refractivity contribution in [3.63, 3.8) is 0 Å². The number of hydrogen-bond donors (Lipinski definition) is 1. The van der Waals surface area contributed by atoms with Crippen molar-refractivity contribution in [2.45, 2.75) is 32.6 Å². The standard InChI is InChI=1S/C42H35N3/c1-27-21-22-31(28-13-5-4-6-14-28)23-34(27)40(43)39-41(33-18-9-11-19-36(33)42(39,2)3)44-26-45-37-20-12-10-17-32(37)35-24-29-15-7-8-16-30(29)25-38(35)45/h4-20,22-27,43H,21H2,1-3H3/b43-40?,44-26+. The lowest BCUT2D eigenvalue weighted by Gasteiger charge is -2.29. The second-order valence-electron chi connectivity index (χ2n) is 12.9. The second kappa shape index (κ2) is 10.4. The number of benzene rings is 5. The van der Waals surface area contributed by atoms with Crippen LogP contribution in [0.3, 0.4) is 0 Å². The van der Waals surface area contributed by atoms with Gasteiger partial charge in [0.2, 0.25) is 0 Å². The fourth-order valence-corrected chi connectivity index (χ4v) is 7.38. The molecule has 1 aromatic heterocycles. The normalized spacial score (nSPS) is 17.7. The SMILES string of the molecule is CC1CC=C(c2ccccc2)C=C1C(=N)C1=C(/N=C/n2c3ccccc3c3cc4ccccc4cc32)c2ccccc2C1(C)C. The van der Waals surface area contributed by atoms with Crippen molar-refractivity contribution in [2.75, 3.05) is 0 Å². The Balaban J connectivity index is 1.32. The Bertz CT molecular complexity index is 2290. The van der Waals surface area contributed by atoms with Gasteiger partial charge in [0, 0.05) is 27.3 Å². The highest BCUT2D eigenvalue weighted by atomic mass is 15.0. The zero-order chi connectivity index (χ0) is 30.7. The molecule has 1 heterocycles. The largest absolute Gasteiger partial charge is 0.300 e. The molecular formula is C42H35N3. The minimum atomic E-state index is -0.369. The molecule has 3 nitrogen and oxygen atoms in total. The van der Waals surface area contributed by atoms with Crippen LogP contribution in [0.1, 0.15) is 43.9 Å². The number of hydrogen-bond acceptors (Lipinski definition) is 2. The Morgan fingerprint density at radius 3 is 2.31 bits per heavy atom. The molecule has 0 saturated heterocycles. The minimum Gasteiger partial charge on any atom is -0.300 e. The van der Waals surface area contributed by atoms with Crippen LogP contribution < -0.4 is 0 Å². The van der Waals surface area contributed by atoms with E-state index in [0.717, 1.165) is 39.9 Å². The maximum Gasteiger partial charge on any atom is 0.100 e. The Labute approximate surface area is 264 Å². The molecule has 0 bridgehead atoms. The summed E-state index contributed by atoms with van der Waals surface area (Å²) in [5.41, 5.74) is 10.1. The highest BCUT2D eigenvalue weighted by Crippen LogP contribution is 2.49. The van der Waals surface area contributed by atoms with Crippen molar-refractivity contribution in [3.8, 4) is 0 Å². The molecule has 3 heteroatoms. The van der Waals surface area contributed by atoms with Crippen molar-refractivity contribution in [1.82, 2.24) is 4.57 Å². The molecule has 0 amide bonds. The van der Waals surface area contributed by atoms with Gasteiger partial charge < -0.3 is 5.41 Å². The number of rotatable bonds is 5. The quantitative estimate of drug-likeness (QED) is 0.155. The van der Waals surface area contributed by atoms with Gasteiger partial charge in [-0.15, -0.1) is 0 Å². The third-order valence-electron chi connectivity index (χ3n) is 9.78. The molecule has 1 atom stereocenters. The lowest BCUT2D eigenvalue weighted by atomic mass is 9.74. The van der Waals surface area contributed by atoms with E-state index in [4.69, 9.17) is 4.99 Å². The number of allylic oxidation sites excluding steroid dienone is 5. The molecule has 218 valence electrons. The first-order chi connectivity index (χ1) is 21.9. The molecule has 1 N–H and O–H groups in total. The van der Waals surface area contributed by atoms with Gasteiger partial charge in [0.05, 0.1) is 22.4 Å². The monoisotopic (exact) mass is 581 g/mol. The van der Waals surface area contributed by atoms with Gasteiger partial charge >= 0.3 is 0 Å². The zero-order valence-corrected chi connectivity index (χ0v) is 25.9. The van der Waals surface area contributed by atoms with Gasteiger partial charge in [0.25, 0.3) is 0 Å². The average Bonchev–Trinajstić information content (AvgIpc) is 3.50. The van der Waals surface area contributed by atoms with Crippen molar-refractivity contribution < 1.29 is 0 Å². The van der Waals surface area contributed by atoms with Crippen molar-refractivity contribution >= 4 is 55.9 Å². The van der Waals surface area contributed by atoms with Gasteiger partial charge in [-0.1, -0.05) is 124 Å². The van der Waals surface area contributed by atoms with E-state index in [-0.39, 0.29) is 11.3 Å². The molecule has 2 aliphatic rings. The van der Waals surface area contributed by atoms with Gasteiger partial charge in [0.15, 0.2) is 0 Å². The summed E-state index contributed by atoms with van der Waals surface area (Å²) >= 11 is 0. The summed E-state index contributed by atoms with van der Waals surface area (Å²) in [4.78, 5) is 5.32. The Morgan fingerprint density at radius 1 is 0.800 bits per heavy atom. The van der Waals surface area contributed by atoms with Crippen LogP contribution >= 0.6 is 0 Å². The van der Waals surface area contributed by atoms with Gasteiger partial charge in [-0.2, -0.15) is 0 Å². The third-order valence-corrected chi connectivity index (χ3v) is 9.78. The van der Waals surface area contributed by atoms with E-state index >= 15 is 0 Å². The zero-order valence-electron chi connectivity index (χ0n) is 25.9. The topological polar surface area (TPSA) is 41.1 Å². The molecule has 0 spiro atoms. The van der Waals surface area contributed by atoms with E-state index in [0.29, 0.717) is 5.71 Å². The summed E-state index contributed by atoms with van der Waals surface area (Å²) in [5, 5.41) is 14.7. The summed E-state index contributed by atoms with van der Waals surface area (Å²) in [5.74, 6) is 0.243. The number of para-hydroxylation sites is 1. The number of fused-ring (bicyclic) bond motifs is 5. The first kappa shape index (κ1) is 27.3. The van der Waals surface area contributed by atoms with Gasteiger partial charge in [-0.25, -0.2) is 4.99 Å². The van der Waals surface area contributed by atoms with E-state index < -0.39 is 0 Å². The van der Waals surface area contributed by atoms with Crippen LogP contribution in [-0.2, 0) is 5.41 Å². The lowest BCUT2D eigenvalue weighted by molar-refractivity contribution is 0.654. The van der Waals surface area contributed by atoms with Crippen LogP contribution in [0.15, 0.2) is 144 Å². The first-order valence-electron chi connectivity index (χ1n) is 15.8. The fourth-order valence-electron chi connectivity index (χ4n) is 7.38. The molecule has 0 radical (unpaired) electrons. The molecular weight excluding hydrogens is 546 g/mol. The molecule has 45 heavy (non-hydrogen) atoms. The molecule has 8 rings (SSSR count). The maximum absolute atomic E-state index is 9.80. The van der Waals surface area contributed by atoms with E-state index in [1.54, 1.807) is 0 Å². The molecule has 6 aromatic rings. The molecule has 1 unspecified atom stereocenters. The number of nitrogens with one attached hydrogen (secondary N) is 1. The first-order valence-corrected chi connectivity index (χ1v) is 15.8. The number of aromatic nitrogens is 1. The van der Waals surface area contributed by atoms with Crippen LogP contribution in [0, 0.1) is 11.3 Å². The predicted octanol–water partition coefficient (Wildman–Crippen LogP) is 10.6. The number of nitrogens with zero attached hydrogens (tertiary/aromatic N) is 2. The molecule has 2 aliphatic carbocycles. The van der Waals surface area contributed by atoms with Crippen molar-refractivity contribution in [3.05, 3.63) is 155 Å². The summed E-state index contributed by atoms with van der Waals surface area (Å²) < 4.78 is 2.22. The number of aliphatic imine (C=N–C) groups is 1. The minimum absolute atomic E-state index is 0.243. The molecule has 0 fully saturated rings. The van der Waals surface area contributed by atoms with Crippen LogP contribution in [0.25, 0.3) is 43.8 Å². The highest BCUT2D eigenvalue weighted by Gasteiger charge is 2.41. The van der Waals surface area contributed by atoms with Crippen LogP contribution in [0.5, 0.6) is 0 Å². The molecule has 5 aromatic carbocycles. The van der Waals surface area contributed by atoms with Crippen molar-refractivity contribution in [2.24, 2.45) is 10.9 Å². The summed E-state index contributed by atoms with van der Waals surface area (Å²) in [6.45, 7) is 6.72. The highest BCUT2D eigenvalue weighted by molar-refractivity contribution is 6.20. The van der Waals surface area contributed by atoms with Gasteiger partial charge in [-0.05, 0) is 69.7 Å². The Kier molecular flexibility index (Phi) is 6.32. The maximum atomic E-state index is 9.80. The fraction of sp³-hybridized carbons (Fsp3) is 0.143. The summed E-state index contributed by atoms with van der Waals surface area (Å²) in [6.07, 6.45) is 7.43. The van der Waals surface area contributed by atoms with Crippen LogP contribution in [0.2, 0.25) is 0 Å². The van der Waals surface area contributed by atoms with Crippen LogP contribution in [-0.4, -0.2) is 16.6 Å². The van der Waals surface area contributed by atoms with E-state index in [1.165, 1.54) is 38.2 Å². The predicted molar refractivity (Wildman–Crippen MR) is 191 cm³/mol. The van der Waals surface area contributed by atoms with Crippen molar-refractivity contribution in [1.29, 1.82) is 5.41 Å². The van der Waals surface area contributed by atoms with Gasteiger partial charge in [0.1, 0.15) is 6.34 Å². The smallest absolute Gasteiger partial charge is 0.100 e. The van der Waals surface area contributed by atoms with E-state index in [1.807, 2.05) is 6.34 Å². The lowest BCUT2D eigenvalue weighted by Crippen LogP contribution is -2.26.